The maximum Gasteiger partial charge on any atom is 0.242 e. The molecule has 1 amide bonds. The molecule has 2 N–H and O–H groups in total. The van der Waals surface area contributed by atoms with Crippen molar-refractivity contribution in [1.82, 2.24) is 35.2 Å². The van der Waals surface area contributed by atoms with E-state index >= 15 is 0 Å². The summed E-state index contributed by atoms with van der Waals surface area (Å²) in [5.74, 6) is 0.640. The smallest absolute Gasteiger partial charge is 0.242 e. The van der Waals surface area contributed by atoms with Crippen LogP contribution in [0.25, 0.3) is 16.9 Å². The summed E-state index contributed by atoms with van der Waals surface area (Å²) in [5.41, 5.74) is 3.31. The van der Waals surface area contributed by atoms with Crippen molar-refractivity contribution in [3.8, 4) is 22.7 Å². The van der Waals surface area contributed by atoms with E-state index in [1.807, 2.05) is 35.9 Å². The number of carbonyl (C=O) groups excluding carboxylic acids is 1. The van der Waals surface area contributed by atoms with Gasteiger partial charge in [-0.3, -0.25) is 4.79 Å². The van der Waals surface area contributed by atoms with Gasteiger partial charge in [0.2, 0.25) is 5.91 Å². The molecular weight excluding hydrogens is 418 g/mol. The van der Waals surface area contributed by atoms with Gasteiger partial charge in [-0.25, -0.2) is 9.67 Å². The van der Waals surface area contributed by atoms with Crippen LogP contribution in [-0.4, -0.2) is 54.7 Å². The number of nitrogens with zero attached hydrogens (tertiary/aromatic N) is 5. The average molecular weight is 452 g/mol. The molecule has 0 saturated carbocycles. The first-order valence-corrected chi connectivity index (χ1v) is 11.2. The Bertz CT molecular complexity index is 1130. The van der Waals surface area contributed by atoms with Crippen molar-refractivity contribution in [3.63, 3.8) is 0 Å². The summed E-state index contributed by atoms with van der Waals surface area (Å²) >= 11 is 0. The minimum Gasteiger partial charge on any atom is -0.495 e. The number of amides is 1. The number of aryl methyl sites for hydroxylation is 1. The molecule has 0 spiro atoms. The quantitative estimate of drug-likeness (QED) is 0.598. The summed E-state index contributed by atoms with van der Waals surface area (Å²) in [7, 11) is 1.64. The third kappa shape index (κ3) is 5.42. The Morgan fingerprint density at radius 2 is 1.94 bits per heavy atom. The molecule has 0 radical (unpaired) electrons. The van der Waals surface area contributed by atoms with Crippen molar-refractivity contribution in [1.29, 1.82) is 0 Å². The first-order valence-electron chi connectivity index (χ1n) is 11.2. The third-order valence-electron chi connectivity index (χ3n) is 5.86. The number of ether oxygens (including phenoxy) is 1. The van der Waals surface area contributed by atoms with Crippen LogP contribution >= 0.6 is 0 Å². The zero-order valence-corrected chi connectivity index (χ0v) is 20.2. The van der Waals surface area contributed by atoms with Gasteiger partial charge in [-0.15, -0.1) is 5.10 Å². The minimum absolute atomic E-state index is 0.0270. The number of methoxy groups -OCH3 is 1. The lowest BCUT2D eigenvalue weighted by atomic mass is 9.79. The Kier molecular flexibility index (Phi) is 6.00. The van der Waals surface area contributed by atoms with Crippen LogP contribution in [0.3, 0.4) is 0 Å². The molecule has 33 heavy (non-hydrogen) atoms. The summed E-state index contributed by atoms with van der Waals surface area (Å²) < 4.78 is 9.08. The van der Waals surface area contributed by atoms with Crippen molar-refractivity contribution in [3.05, 3.63) is 42.6 Å². The van der Waals surface area contributed by atoms with Crippen LogP contribution in [0.15, 0.2) is 36.9 Å². The second-order valence-electron chi connectivity index (χ2n) is 10.2. The molecular formula is C24H33N7O2. The maximum absolute atomic E-state index is 12.7. The summed E-state index contributed by atoms with van der Waals surface area (Å²) in [5, 5.41) is 15.2. The van der Waals surface area contributed by atoms with E-state index in [1.54, 1.807) is 24.3 Å². The maximum atomic E-state index is 12.7. The number of carbonyl (C=O) groups is 1. The molecule has 0 unspecified atom stereocenters. The Hall–Kier alpha value is -3.20. The van der Waals surface area contributed by atoms with Crippen LogP contribution < -0.4 is 15.4 Å². The lowest BCUT2D eigenvalue weighted by molar-refractivity contribution is -0.123. The molecule has 0 atom stereocenters. The van der Waals surface area contributed by atoms with E-state index in [-0.39, 0.29) is 29.6 Å². The van der Waals surface area contributed by atoms with Crippen molar-refractivity contribution in [2.24, 2.45) is 0 Å². The number of benzene rings is 1. The third-order valence-corrected chi connectivity index (χ3v) is 5.86. The first-order chi connectivity index (χ1) is 15.5. The van der Waals surface area contributed by atoms with Gasteiger partial charge in [-0.1, -0.05) is 11.3 Å². The van der Waals surface area contributed by atoms with Gasteiger partial charge in [0.25, 0.3) is 0 Å². The van der Waals surface area contributed by atoms with E-state index in [0.717, 1.165) is 29.8 Å². The van der Waals surface area contributed by atoms with Gasteiger partial charge < -0.3 is 19.9 Å². The van der Waals surface area contributed by atoms with Crippen LogP contribution in [-0.2, 0) is 11.3 Å². The van der Waals surface area contributed by atoms with Crippen LogP contribution in [0.5, 0.6) is 5.75 Å². The molecule has 3 aromatic rings. The summed E-state index contributed by atoms with van der Waals surface area (Å²) in [6, 6.07) is 5.95. The van der Waals surface area contributed by atoms with E-state index in [4.69, 9.17) is 4.74 Å². The number of hydrogen-bond acceptors (Lipinski definition) is 6. The number of piperidine rings is 1. The molecule has 1 saturated heterocycles. The largest absolute Gasteiger partial charge is 0.495 e. The van der Waals surface area contributed by atoms with Crippen molar-refractivity contribution >= 4 is 5.91 Å². The second-order valence-corrected chi connectivity index (χ2v) is 10.2. The van der Waals surface area contributed by atoms with Crippen molar-refractivity contribution in [2.75, 3.05) is 7.11 Å². The SMILES string of the molecule is COc1cc(-c2cn(CC(=O)NC3CC(C)(C)NC(C)(C)C3)nn2)ccc1-n1cnc(C)c1. The summed E-state index contributed by atoms with van der Waals surface area (Å²) in [6.07, 6.45) is 7.25. The first kappa shape index (κ1) is 23.0. The number of aromatic nitrogens is 5. The minimum atomic E-state index is -0.0617. The fourth-order valence-corrected chi connectivity index (χ4v) is 4.96. The lowest BCUT2D eigenvalue weighted by Crippen LogP contribution is -2.62. The molecule has 3 heterocycles. The predicted molar refractivity (Wildman–Crippen MR) is 126 cm³/mol. The summed E-state index contributed by atoms with van der Waals surface area (Å²) in [6.45, 7) is 10.8. The van der Waals surface area contributed by atoms with E-state index in [0.29, 0.717) is 11.4 Å². The average Bonchev–Trinajstić information content (AvgIpc) is 3.34. The van der Waals surface area contributed by atoms with Gasteiger partial charge in [0, 0.05) is 28.9 Å². The molecule has 2 aromatic heterocycles. The van der Waals surface area contributed by atoms with Gasteiger partial charge >= 0.3 is 0 Å². The highest BCUT2D eigenvalue weighted by Gasteiger charge is 2.38. The highest BCUT2D eigenvalue weighted by molar-refractivity contribution is 5.76. The normalized spacial score (nSPS) is 17.6. The van der Waals surface area contributed by atoms with E-state index in [2.05, 4.69) is 53.6 Å². The van der Waals surface area contributed by atoms with Gasteiger partial charge in [-0.2, -0.15) is 0 Å². The summed E-state index contributed by atoms with van der Waals surface area (Å²) in [4.78, 5) is 17.0. The Labute approximate surface area is 194 Å². The molecule has 1 fully saturated rings. The zero-order chi connectivity index (χ0) is 23.8. The van der Waals surface area contributed by atoms with Crippen molar-refractivity contribution < 1.29 is 9.53 Å². The van der Waals surface area contributed by atoms with Crippen LogP contribution in [0.4, 0.5) is 0 Å². The Morgan fingerprint density at radius 1 is 1.21 bits per heavy atom. The topological polar surface area (TPSA) is 98.9 Å². The molecule has 9 heteroatoms. The number of imidazole rings is 1. The van der Waals surface area contributed by atoms with Crippen molar-refractivity contribution in [2.45, 2.75) is 71.1 Å². The highest BCUT2D eigenvalue weighted by Crippen LogP contribution is 2.30. The standard InChI is InChI=1S/C24H33N7O2/c1-16-12-30(15-25-16)20-8-7-17(9-21(20)33-6)19-13-31(29-27-19)14-22(32)26-18-10-23(2,3)28-24(4,5)11-18/h7-9,12-13,15,18,28H,10-11,14H2,1-6H3,(H,26,32). The van der Waals surface area contributed by atoms with E-state index in [1.165, 1.54) is 0 Å². The fourth-order valence-electron chi connectivity index (χ4n) is 4.96. The Morgan fingerprint density at radius 3 is 2.58 bits per heavy atom. The molecule has 1 aliphatic heterocycles. The fraction of sp³-hybridized carbons (Fsp3) is 0.500. The molecule has 1 aromatic carbocycles. The molecule has 1 aliphatic rings. The van der Waals surface area contributed by atoms with Gasteiger partial charge in [0.15, 0.2) is 0 Å². The van der Waals surface area contributed by atoms with E-state index in [9.17, 15) is 4.79 Å². The number of hydrogen-bond donors (Lipinski definition) is 2. The monoisotopic (exact) mass is 451 g/mol. The number of nitrogens with one attached hydrogen (secondary N) is 2. The van der Waals surface area contributed by atoms with Gasteiger partial charge in [-0.05, 0) is 59.6 Å². The molecule has 4 rings (SSSR count). The highest BCUT2D eigenvalue weighted by atomic mass is 16.5. The molecule has 176 valence electrons. The second kappa shape index (κ2) is 8.62. The molecule has 0 aliphatic carbocycles. The van der Waals surface area contributed by atoms with Crippen LogP contribution in [0, 0.1) is 6.92 Å². The lowest BCUT2D eigenvalue weighted by Gasteiger charge is -2.46. The Balaban J connectivity index is 1.44. The number of rotatable bonds is 6. The van der Waals surface area contributed by atoms with Crippen LogP contribution in [0.2, 0.25) is 0 Å². The zero-order valence-electron chi connectivity index (χ0n) is 20.2. The van der Waals surface area contributed by atoms with Gasteiger partial charge in [0.05, 0.1) is 31.0 Å². The van der Waals surface area contributed by atoms with Gasteiger partial charge in [0.1, 0.15) is 18.0 Å². The van der Waals surface area contributed by atoms with E-state index < -0.39 is 0 Å². The molecule has 0 bridgehead atoms. The van der Waals surface area contributed by atoms with Crippen LogP contribution in [0.1, 0.15) is 46.2 Å². The predicted octanol–water partition coefficient (Wildman–Crippen LogP) is 2.87. The molecule has 9 nitrogen and oxygen atoms in total.